The molecular weight excluding hydrogens is 246 g/mol. The second-order valence-corrected chi connectivity index (χ2v) is 4.95. The molecule has 0 aliphatic rings. The highest BCUT2D eigenvalue weighted by Crippen LogP contribution is 2.30. The van der Waals surface area contributed by atoms with Crippen LogP contribution in [-0.4, -0.2) is 25.8 Å². The molecule has 0 bridgehead atoms. The Bertz CT molecular complexity index is 418. The molecule has 0 unspecified atom stereocenters. The first-order valence-corrected chi connectivity index (χ1v) is 6.69. The van der Waals surface area contributed by atoms with E-state index in [1.54, 1.807) is 19.1 Å². The van der Waals surface area contributed by atoms with E-state index in [1.807, 2.05) is 18.2 Å². The van der Waals surface area contributed by atoms with E-state index < -0.39 is 0 Å². The van der Waals surface area contributed by atoms with E-state index in [0.717, 1.165) is 17.0 Å². The van der Waals surface area contributed by atoms with Gasteiger partial charge in [-0.25, -0.2) is 0 Å². The molecule has 0 atom stereocenters. The molecule has 0 N–H and O–H groups in total. The van der Waals surface area contributed by atoms with Crippen molar-refractivity contribution in [2.75, 3.05) is 24.8 Å². The van der Waals surface area contributed by atoms with Gasteiger partial charge in [-0.1, -0.05) is 13.8 Å². The number of rotatable bonds is 5. The molecule has 0 saturated carbocycles. The Hall–Kier alpha value is -1.16. The van der Waals surface area contributed by atoms with Crippen LogP contribution < -0.4 is 9.64 Å². The number of amides is 1. The molecule has 100 valence electrons. The van der Waals surface area contributed by atoms with Crippen molar-refractivity contribution >= 4 is 24.2 Å². The summed E-state index contributed by atoms with van der Waals surface area (Å²) in [5.74, 6) is 1.86. The zero-order valence-electron chi connectivity index (χ0n) is 11.4. The summed E-state index contributed by atoms with van der Waals surface area (Å²) in [6.45, 7) is 4.22. The molecular formula is C14H21NO2S. The molecule has 0 fully saturated rings. The lowest BCUT2D eigenvalue weighted by Crippen LogP contribution is -2.26. The molecule has 0 saturated heterocycles. The average molecular weight is 267 g/mol. The Labute approximate surface area is 115 Å². The maximum absolute atomic E-state index is 11.8. The van der Waals surface area contributed by atoms with E-state index in [9.17, 15) is 4.79 Å². The molecule has 1 aromatic rings. The molecule has 0 aliphatic heterocycles. The number of thiol groups is 1. The van der Waals surface area contributed by atoms with Crippen LogP contribution in [0.1, 0.15) is 31.7 Å². The summed E-state index contributed by atoms with van der Waals surface area (Å²) in [5, 5.41) is 0. The molecule has 0 heterocycles. The third-order valence-corrected chi connectivity index (χ3v) is 3.15. The van der Waals surface area contributed by atoms with Crippen molar-refractivity contribution in [2.45, 2.75) is 26.2 Å². The minimum absolute atomic E-state index is 0.0740. The molecule has 0 aliphatic carbocycles. The van der Waals surface area contributed by atoms with Crippen LogP contribution in [0.15, 0.2) is 18.2 Å². The fourth-order valence-corrected chi connectivity index (χ4v) is 1.98. The van der Waals surface area contributed by atoms with Crippen LogP contribution in [0.5, 0.6) is 5.75 Å². The van der Waals surface area contributed by atoms with Gasteiger partial charge in [0.2, 0.25) is 5.91 Å². The quantitative estimate of drug-likeness (QED) is 0.831. The van der Waals surface area contributed by atoms with Crippen LogP contribution >= 0.6 is 12.6 Å². The number of hydrogen-bond donors (Lipinski definition) is 1. The van der Waals surface area contributed by atoms with Crippen molar-refractivity contribution in [1.82, 2.24) is 0 Å². The van der Waals surface area contributed by atoms with Crippen molar-refractivity contribution in [3.05, 3.63) is 23.8 Å². The van der Waals surface area contributed by atoms with Gasteiger partial charge >= 0.3 is 0 Å². The smallest absolute Gasteiger partial charge is 0.227 e. The Morgan fingerprint density at radius 2 is 2.11 bits per heavy atom. The standard InChI is InChI=1S/C14H21NO2S/c1-10(2)12-9-11(5-6-13(12)17-4)15(3)14(16)7-8-18/h5-6,9-10,18H,7-8H2,1-4H3. The first kappa shape index (κ1) is 14.9. The van der Waals surface area contributed by atoms with Gasteiger partial charge in [0.05, 0.1) is 7.11 Å². The van der Waals surface area contributed by atoms with E-state index in [0.29, 0.717) is 18.1 Å². The lowest BCUT2D eigenvalue weighted by Gasteiger charge is -2.20. The van der Waals surface area contributed by atoms with E-state index in [4.69, 9.17) is 4.74 Å². The van der Waals surface area contributed by atoms with Crippen molar-refractivity contribution < 1.29 is 9.53 Å². The highest BCUT2D eigenvalue weighted by molar-refractivity contribution is 7.80. The summed E-state index contributed by atoms with van der Waals surface area (Å²) >= 11 is 4.08. The molecule has 1 rings (SSSR count). The van der Waals surface area contributed by atoms with Crippen LogP contribution in [0.25, 0.3) is 0 Å². The highest BCUT2D eigenvalue weighted by atomic mass is 32.1. The summed E-state index contributed by atoms with van der Waals surface area (Å²) in [6.07, 6.45) is 0.447. The van der Waals surface area contributed by atoms with Crippen LogP contribution in [0.3, 0.4) is 0 Å². The fraction of sp³-hybridized carbons (Fsp3) is 0.500. The van der Waals surface area contributed by atoms with Crippen molar-refractivity contribution in [1.29, 1.82) is 0 Å². The van der Waals surface area contributed by atoms with Crippen molar-refractivity contribution in [3.8, 4) is 5.75 Å². The summed E-state index contributed by atoms with van der Waals surface area (Å²) in [5.41, 5.74) is 2.01. The minimum Gasteiger partial charge on any atom is -0.496 e. The summed E-state index contributed by atoms with van der Waals surface area (Å²) in [6, 6.07) is 5.83. The molecule has 0 aromatic heterocycles. The van der Waals surface area contributed by atoms with Crippen LogP contribution in [0, 0.1) is 0 Å². The predicted molar refractivity (Wildman–Crippen MR) is 79.0 cm³/mol. The lowest BCUT2D eigenvalue weighted by molar-refractivity contribution is -0.117. The number of carbonyl (C=O) groups excluding carboxylic acids is 1. The molecule has 18 heavy (non-hydrogen) atoms. The number of methoxy groups -OCH3 is 1. The van der Waals surface area contributed by atoms with Gasteiger partial charge in [-0.3, -0.25) is 4.79 Å². The van der Waals surface area contributed by atoms with Gasteiger partial charge in [-0.15, -0.1) is 0 Å². The number of ether oxygens (including phenoxy) is 1. The number of benzene rings is 1. The Morgan fingerprint density at radius 3 is 2.61 bits per heavy atom. The monoisotopic (exact) mass is 267 g/mol. The first-order chi connectivity index (χ1) is 8.51. The summed E-state index contributed by atoms with van der Waals surface area (Å²) in [7, 11) is 3.45. The molecule has 1 aromatic carbocycles. The molecule has 0 radical (unpaired) electrons. The normalized spacial score (nSPS) is 10.6. The largest absolute Gasteiger partial charge is 0.496 e. The third kappa shape index (κ3) is 3.42. The second kappa shape index (κ2) is 6.69. The maximum atomic E-state index is 11.8. The maximum Gasteiger partial charge on any atom is 0.227 e. The van der Waals surface area contributed by atoms with Crippen LogP contribution in [0.4, 0.5) is 5.69 Å². The van der Waals surface area contributed by atoms with E-state index >= 15 is 0 Å². The van der Waals surface area contributed by atoms with Crippen molar-refractivity contribution in [3.63, 3.8) is 0 Å². The number of nitrogens with zero attached hydrogens (tertiary/aromatic N) is 1. The van der Waals surface area contributed by atoms with Gasteiger partial charge in [-0.05, 0) is 35.4 Å². The Balaban J connectivity index is 3.04. The number of anilines is 1. The minimum atomic E-state index is 0.0740. The number of carbonyl (C=O) groups is 1. The molecule has 1 amide bonds. The van der Waals surface area contributed by atoms with Crippen LogP contribution in [-0.2, 0) is 4.79 Å². The number of hydrogen-bond acceptors (Lipinski definition) is 3. The van der Waals surface area contributed by atoms with Crippen LogP contribution in [0.2, 0.25) is 0 Å². The van der Waals surface area contributed by atoms with Gasteiger partial charge in [0.15, 0.2) is 0 Å². The van der Waals surface area contributed by atoms with Gasteiger partial charge in [0.25, 0.3) is 0 Å². The summed E-state index contributed by atoms with van der Waals surface area (Å²) < 4.78 is 5.33. The SMILES string of the molecule is COc1ccc(N(C)C(=O)CCS)cc1C(C)C. The molecule has 3 nitrogen and oxygen atoms in total. The van der Waals surface area contributed by atoms with E-state index in [-0.39, 0.29) is 5.91 Å². The van der Waals surface area contributed by atoms with Crippen molar-refractivity contribution in [2.24, 2.45) is 0 Å². The highest BCUT2D eigenvalue weighted by Gasteiger charge is 2.14. The zero-order chi connectivity index (χ0) is 13.7. The Morgan fingerprint density at radius 1 is 1.44 bits per heavy atom. The van der Waals surface area contributed by atoms with Gasteiger partial charge in [0, 0.05) is 19.2 Å². The predicted octanol–water partition coefficient (Wildman–Crippen LogP) is 3.10. The molecule has 0 spiro atoms. The van der Waals surface area contributed by atoms with Gasteiger partial charge in [0.1, 0.15) is 5.75 Å². The van der Waals surface area contributed by atoms with E-state index in [1.165, 1.54) is 0 Å². The lowest BCUT2D eigenvalue weighted by atomic mass is 10.0. The molecule has 4 heteroatoms. The third-order valence-electron chi connectivity index (χ3n) is 2.92. The van der Waals surface area contributed by atoms with E-state index in [2.05, 4.69) is 26.5 Å². The zero-order valence-corrected chi connectivity index (χ0v) is 12.3. The second-order valence-electron chi connectivity index (χ2n) is 4.51. The van der Waals surface area contributed by atoms with Gasteiger partial charge in [-0.2, -0.15) is 12.6 Å². The Kier molecular flexibility index (Phi) is 5.54. The van der Waals surface area contributed by atoms with Gasteiger partial charge < -0.3 is 9.64 Å². The topological polar surface area (TPSA) is 29.5 Å². The summed E-state index contributed by atoms with van der Waals surface area (Å²) in [4.78, 5) is 13.5. The fourth-order valence-electron chi connectivity index (χ4n) is 1.79. The average Bonchev–Trinajstić information content (AvgIpc) is 2.37. The first-order valence-electron chi connectivity index (χ1n) is 6.06.